The first kappa shape index (κ1) is 18.8. The zero-order valence-corrected chi connectivity index (χ0v) is 16.7. The first-order chi connectivity index (χ1) is 14.7. The minimum atomic E-state index is -0.705. The van der Waals surface area contributed by atoms with Crippen LogP contribution in [0.1, 0.15) is 30.1 Å². The van der Waals surface area contributed by atoms with Crippen molar-refractivity contribution < 1.29 is 9.90 Å². The second kappa shape index (κ2) is 7.88. The van der Waals surface area contributed by atoms with Crippen molar-refractivity contribution in [3.63, 3.8) is 0 Å². The Bertz CT molecular complexity index is 1140. The standard InChI is InChI=1S/C26H24N2O2/c29-26(30)22-9-5-15-28(17-22)25(21-12-11-18-6-1-2-8-20(18)16-21)24-14-13-19-7-3-4-10-23(19)27-24/h1-4,6-8,10-14,16,22,25H,5,9,15,17H2,(H,29,30). The van der Waals surface area contributed by atoms with Crippen molar-refractivity contribution in [1.29, 1.82) is 0 Å². The highest BCUT2D eigenvalue weighted by atomic mass is 16.4. The van der Waals surface area contributed by atoms with E-state index >= 15 is 0 Å². The second-order valence-electron chi connectivity index (χ2n) is 8.11. The summed E-state index contributed by atoms with van der Waals surface area (Å²) in [6, 6.07) is 27.1. The van der Waals surface area contributed by atoms with Crippen molar-refractivity contribution in [1.82, 2.24) is 9.88 Å². The van der Waals surface area contributed by atoms with Crippen LogP contribution in [0.15, 0.2) is 78.9 Å². The van der Waals surface area contributed by atoms with Crippen LogP contribution in [-0.4, -0.2) is 34.0 Å². The highest BCUT2D eigenvalue weighted by Gasteiger charge is 2.32. The van der Waals surface area contributed by atoms with Gasteiger partial charge in [0, 0.05) is 11.9 Å². The molecule has 1 N–H and O–H groups in total. The minimum absolute atomic E-state index is 0.0682. The SMILES string of the molecule is O=C(O)C1CCCN(C(c2ccc3ccccc3c2)c2ccc3ccccc3n2)C1. The van der Waals surface area contributed by atoms with Gasteiger partial charge in [0.25, 0.3) is 0 Å². The lowest BCUT2D eigenvalue weighted by Crippen LogP contribution is -2.41. The van der Waals surface area contributed by atoms with E-state index in [0.29, 0.717) is 6.54 Å². The van der Waals surface area contributed by atoms with E-state index < -0.39 is 5.97 Å². The lowest BCUT2D eigenvalue weighted by molar-refractivity contribution is -0.143. The molecule has 2 heterocycles. The topological polar surface area (TPSA) is 53.4 Å². The fourth-order valence-electron chi connectivity index (χ4n) is 4.62. The van der Waals surface area contributed by atoms with E-state index in [4.69, 9.17) is 4.98 Å². The summed E-state index contributed by atoms with van der Waals surface area (Å²) >= 11 is 0. The number of aromatic nitrogens is 1. The molecule has 1 aliphatic rings. The maximum Gasteiger partial charge on any atom is 0.307 e. The molecule has 0 amide bonds. The predicted octanol–water partition coefficient (Wildman–Crippen LogP) is 5.27. The number of aliphatic carboxylic acids is 1. The third-order valence-corrected chi connectivity index (χ3v) is 6.16. The summed E-state index contributed by atoms with van der Waals surface area (Å²) < 4.78 is 0. The van der Waals surface area contributed by atoms with Crippen molar-refractivity contribution in [2.45, 2.75) is 18.9 Å². The molecule has 0 spiro atoms. The maximum absolute atomic E-state index is 11.7. The number of pyridine rings is 1. The molecule has 0 bridgehead atoms. The van der Waals surface area contributed by atoms with Crippen molar-refractivity contribution in [3.8, 4) is 0 Å². The summed E-state index contributed by atoms with van der Waals surface area (Å²) in [5, 5.41) is 13.1. The molecule has 150 valence electrons. The molecule has 4 aromatic rings. The highest BCUT2D eigenvalue weighted by Crippen LogP contribution is 2.34. The van der Waals surface area contributed by atoms with Crippen LogP contribution in [0, 0.1) is 5.92 Å². The predicted molar refractivity (Wildman–Crippen MR) is 119 cm³/mol. The van der Waals surface area contributed by atoms with Crippen LogP contribution in [0.4, 0.5) is 0 Å². The molecule has 2 unspecified atom stereocenters. The van der Waals surface area contributed by atoms with E-state index in [1.54, 1.807) is 0 Å². The summed E-state index contributed by atoms with van der Waals surface area (Å²) in [6.45, 7) is 1.41. The van der Waals surface area contributed by atoms with E-state index in [-0.39, 0.29) is 12.0 Å². The van der Waals surface area contributed by atoms with E-state index in [0.717, 1.165) is 41.5 Å². The third kappa shape index (κ3) is 3.55. The van der Waals surface area contributed by atoms with Crippen LogP contribution in [0.5, 0.6) is 0 Å². The molecule has 2 atom stereocenters. The van der Waals surface area contributed by atoms with Gasteiger partial charge in [-0.15, -0.1) is 0 Å². The summed E-state index contributed by atoms with van der Waals surface area (Å²) in [7, 11) is 0. The van der Waals surface area contributed by atoms with Crippen molar-refractivity contribution in [3.05, 3.63) is 90.1 Å². The monoisotopic (exact) mass is 396 g/mol. The molecule has 1 saturated heterocycles. The fourth-order valence-corrected chi connectivity index (χ4v) is 4.62. The van der Waals surface area contributed by atoms with Gasteiger partial charge in [0.15, 0.2) is 0 Å². The number of piperidine rings is 1. The number of benzene rings is 3. The van der Waals surface area contributed by atoms with Crippen LogP contribution in [0.3, 0.4) is 0 Å². The molecule has 0 aliphatic carbocycles. The van der Waals surface area contributed by atoms with Crippen molar-refractivity contribution >= 4 is 27.6 Å². The molecule has 30 heavy (non-hydrogen) atoms. The zero-order chi connectivity index (χ0) is 20.5. The fraction of sp³-hybridized carbons (Fsp3) is 0.231. The van der Waals surface area contributed by atoms with E-state index in [2.05, 4.69) is 59.5 Å². The van der Waals surface area contributed by atoms with Crippen LogP contribution < -0.4 is 0 Å². The Morgan fingerprint density at radius 3 is 2.50 bits per heavy atom. The summed E-state index contributed by atoms with van der Waals surface area (Å²) in [4.78, 5) is 19.0. The molecule has 1 aliphatic heterocycles. The largest absolute Gasteiger partial charge is 0.481 e. The number of hydrogen-bond donors (Lipinski definition) is 1. The number of rotatable bonds is 4. The van der Waals surface area contributed by atoms with Gasteiger partial charge in [-0.25, -0.2) is 0 Å². The summed E-state index contributed by atoms with van der Waals surface area (Å²) in [5.74, 6) is -1.04. The molecule has 3 aromatic carbocycles. The van der Waals surface area contributed by atoms with Gasteiger partial charge in [-0.3, -0.25) is 14.7 Å². The molecule has 0 radical (unpaired) electrons. The highest BCUT2D eigenvalue weighted by molar-refractivity contribution is 5.83. The number of nitrogens with zero attached hydrogens (tertiary/aromatic N) is 2. The summed E-state index contributed by atoms with van der Waals surface area (Å²) in [6.07, 6.45) is 1.62. The van der Waals surface area contributed by atoms with Gasteiger partial charge in [0.2, 0.25) is 0 Å². The molecule has 4 nitrogen and oxygen atoms in total. The molecule has 5 rings (SSSR count). The van der Waals surface area contributed by atoms with Gasteiger partial charge >= 0.3 is 5.97 Å². The lowest BCUT2D eigenvalue weighted by Gasteiger charge is -2.37. The Hall–Kier alpha value is -3.24. The van der Waals surface area contributed by atoms with Gasteiger partial charge < -0.3 is 5.11 Å². The van der Waals surface area contributed by atoms with E-state index in [9.17, 15) is 9.90 Å². The number of likely N-dealkylation sites (tertiary alicyclic amines) is 1. The third-order valence-electron chi connectivity index (χ3n) is 6.16. The molecular weight excluding hydrogens is 372 g/mol. The normalized spacial score (nSPS) is 18.5. The first-order valence-corrected chi connectivity index (χ1v) is 10.5. The van der Waals surface area contributed by atoms with Crippen LogP contribution in [0.2, 0.25) is 0 Å². The minimum Gasteiger partial charge on any atom is -0.481 e. The van der Waals surface area contributed by atoms with E-state index in [1.165, 1.54) is 10.8 Å². The molecule has 1 aromatic heterocycles. The number of hydrogen-bond acceptors (Lipinski definition) is 3. The number of carboxylic acids is 1. The number of carboxylic acid groups (broad SMARTS) is 1. The molecule has 0 saturated carbocycles. The number of carbonyl (C=O) groups is 1. The molecule has 4 heteroatoms. The lowest BCUT2D eigenvalue weighted by atomic mass is 9.92. The van der Waals surface area contributed by atoms with Crippen molar-refractivity contribution in [2.75, 3.05) is 13.1 Å². The Labute approximate surface area is 175 Å². The Balaban J connectivity index is 1.62. The van der Waals surface area contributed by atoms with Gasteiger partial charge in [0.05, 0.1) is 23.2 Å². The van der Waals surface area contributed by atoms with Gasteiger partial charge in [-0.1, -0.05) is 60.7 Å². The zero-order valence-electron chi connectivity index (χ0n) is 16.7. The maximum atomic E-state index is 11.7. The Morgan fingerprint density at radius 1 is 0.933 bits per heavy atom. The average molecular weight is 396 g/mol. The van der Waals surface area contributed by atoms with Gasteiger partial charge in [-0.05, 0) is 53.9 Å². The quantitative estimate of drug-likeness (QED) is 0.510. The molecular formula is C26H24N2O2. The Kier molecular flexibility index (Phi) is 4.93. The van der Waals surface area contributed by atoms with Gasteiger partial charge in [0.1, 0.15) is 0 Å². The van der Waals surface area contributed by atoms with Crippen LogP contribution in [-0.2, 0) is 4.79 Å². The first-order valence-electron chi connectivity index (χ1n) is 10.5. The Morgan fingerprint density at radius 2 is 1.67 bits per heavy atom. The van der Waals surface area contributed by atoms with Crippen molar-refractivity contribution in [2.24, 2.45) is 5.92 Å². The van der Waals surface area contributed by atoms with Crippen LogP contribution >= 0.6 is 0 Å². The number of fused-ring (bicyclic) bond motifs is 2. The smallest absolute Gasteiger partial charge is 0.307 e. The summed E-state index contributed by atoms with van der Waals surface area (Å²) in [5.41, 5.74) is 3.09. The van der Waals surface area contributed by atoms with Crippen LogP contribution in [0.25, 0.3) is 21.7 Å². The average Bonchev–Trinajstić information content (AvgIpc) is 2.79. The second-order valence-corrected chi connectivity index (χ2v) is 8.11. The van der Waals surface area contributed by atoms with E-state index in [1.807, 2.05) is 24.3 Å². The molecule has 1 fully saturated rings. The number of para-hydroxylation sites is 1. The van der Waals surface area contributed by atoms with Gasteiger partial charge in [-0.2, -0.15) is 0 Å².